The molecule has 1 N–H and O–H groups in total. The van der Waals surface area contributed by atoms with Crippen molar-refractivity contribution in [1.29, 1.82) is 0 Å². The number of anilines is 1. The third-order valence-corrected chi connectivity index (χ3v) is 4.78. The number of carbonyl (C=O) groups excluding carboxylic acids is 1. The Morgan fingerprint density at radius 3 is 2.83 bits per heavy atom. The highest BCUT2D eigenvalue weighted by atomic mass is 35.5. The molecule has 2 heterocycles. The Bertz CT molecular complexity index is 877. The van der Waals surface area contributed by atoms with Crippen LogP contribution < -0.4 is 5.32 Å². The van der Waals surface area contributed by atoms with E-state index in [2.05, 4.69) is 10.3 Å². The van der Waals surface area contributed by atoms with E-state index in [1.54, 1.807) is 11.3 Å². The van der Waals surface area contributed by atoms with Gasteiger partial charge in [0.25, 0.3) is 11.6 Å². The molecule has 0 unspecified atom stereocenters. The molecule has 1 aromatic carbocycles. The Balaban J connectivity index is 1.84. The molecule has 0 aliphatic rings. The summed E-state index contributed by atoms with van der Waals surface area (Å²) < 4.78 is 0. The van der Waals surface area contributed by atoms with Gasteiger partial charge in [-0.2, -0.15) is 0 Å². The number of nitro benzene ring substituents is 1. The van der Waals surface area contributed by atoms with Crippen molar-refractivity contribution in [1.82, 2.24) is 4.98 Å². The molecule has 0 fully saturated rings. The van der Waals surface area contributed by atoms with Crippen LogP contribution in [-0.2, 0) is 0 Å². The Hall–Kier alpha value is -2.29. The van der Waals surface area contributed by atoms with Gasteiger partial charge in [-0.3, -0.25) is 20.2 Å². The number of thiophene rings is 1. The minimum atomic E-state index is -0.639. The molecule has 0 saturated heterocycles. The number of benzene rings is 1. The number of thiazole rings is 1. The minimum Gasteiger partial charge on any atom is -0.298 e. The zero-order valence-electron chi connectivity index (χ0n) is 11.4. The molecule has 0 radical (unpaired) electrons. The number of hydrogen-bond acceptors (Lipinski definition) is 6. The second-order valence-electron chi connectivity index (χ2n) is 4.39. The molecule has 6 nitrogen and oxygen atoms in total. The van der Waals surface area contributed by atoms with Crippen LogP contribution in [0, 0.1) is 10.1 Å². The van der Waals surface area contributed by atoms with Crippen molar-refractivity contribution in [3.05, 3.63) is 61.8 Å². The molecular formula is C14H8ClN3O3S2. The third kappa shape index (κ3) is 3.39. The SMILES string of the molecule is O=C(Nc1nc(-c2cccs2)cs1)c1ccc(Cl)cc1[N+](=O)[O-]. The van der Waals surface area contributed by atoms with Crippen molar-refractivity contribution in [2.45, 2.75) is 0 Å². The highest BCUT2D eigenvalue weighted by molar-refractivity contribution is 7.16. The Kier molecular flexibility index (Phi) is 4.37. The summed E-state index contributed by atoms with van der Waals surface area (Å²) >= 11 is 8.54. The number of aromatic nitrogens is 1. The van der Waals surface area contributed by atoms with E-state index in [1.165, 1.54) is 23.5 Å². The largest absolute Gasteiger partial charge is 0.298 e. The minimum absolute atomic E-state index is 0.0627. The lowest BCUT2D eigenvalue weighted by Crippen LogP contribution is -2.13. The maximum absolute atomic E-state index is 12.3. The monoisotopic (exact) mass is 365 g/mol. The molecule has 0 spiro atoms. The predicted octanol–water partition coefficient (Wildman–Crippen LogP) is 4.69. The summed E-state index contributed by atoms with van der Waals surface area (Å²) in [6.07, 6.45) is 0. The summed E-state index contributed by atoms with van der Waals surface area (Å²) in [5.41, 5.74) is 0.350. The number of rotatable bonds is 4. The van der Waals surface area contributed by atoms with Crippen LogP contribution in [0.3, 0.4) is 0 Å². The van der Waals surface area contributed by atoms with Gasteiger partial charge < -0.3 is 0 Å². The number of amides is 1. The number of carbonyl (C=O) groups is 1. The van der Waals surface area contributed by atoms with Crippen LogP contribution in [0.1, 0.15) is 10.4 Å². The van der Waals surface area contributed by atoms with E-state index < -0.39 is 10.8 Å². The zero-order chi connectivity index (χ0) is 16.4. The molecule has 3 aromatic rings. The number of halogens is 1. The lowest BCUT2D eigenvalue weighted by Gasteiger charge is -2.03. The van der Waals surface area contributed by atoms with E-state index in [0.717, 1.165) is 16.6 Å². The van der Waals surface area contributed by atoms with Gasteiger partial charge in [0.2, 0.25) is 0 Å². The second-order valence-corrected chi connectivity index (χ2v) is 6.63. The van der Waals surface area contributed by atoms with E-state index >= 15 is 0 Å². The fourth-order valence-electron chi connectivity index (χ4n) is 1.88. The molecule has 1 amide bonds. The molecule has 0 atom stereocenters. The fourth-order valence-corrected chi connectivity index (χ4v) is 3.51. The molecule has 9 heteroatoms. The zero-order valence-corrected chi connectivity index (χ0v) is 13.7. The third-order valence-electron chi connectivity index (χ3n) is 2.90. The summed E-state index contributed by atoms with van der Waals surface area (Å²) in [5, 5.41) is 18.0. The second kappa shape index (κ2) is 6.45. The van der Waals surface area contributed by atoms with Gasteiger partial charge in [0, 0.05) is 16.5 Å². The molecule has 0 bridgehead atoms. The summed E-state index contributed by atoms with van der Waals surface area (Å²) in [4.78, 5) is 28.0. The Morgan fingerprint density at radius 1 is 1.30 bits per heavy atom. The highest BCUT2D eigenvalue weighted by Crippen LogP contribution is 2.29. The molecule has 0 aliphatic carbocycles. The van der Waals surface area contributed by atoms with Crippen LogP contribution in [0.25, 0.3) is 10.6 Å². The normalized spacial score (nSPS) is 10.5. The topological polar surface area (TPSA) is 85.1 Å². The van der Waals surface area contributed by atoms with Gasteiger partial charge in [-0.1, -0.05) is 17.7 Å². The Morgan fingerprint density at radius 2 is 2.13 bits per heavy atom. The number of nitro groups is 1. The van der Waals surface area contributed by atoms with Crippen molar-refractivity contribution in [2.75, 3.05) is 5.32 Å². The maximum atomic E-state index is 12.3. The van der Waals surface area contributed by atoms with Gasteiger partial charge in [0.15, 0.2) is 5.13 Å². The van der Waals surface area contributed by atoms with Crippen LogP contribution in [0.4, 0.5) is 10.8 Å². The van der Waals surface area contributed by atoms with Gasteiger partial charge in [-0.15, -0.1) is 22.7 Å². The van der Waals surface area contributed by atoms with E-state index in [-0.39, 0.29) is 16.3 Å². The first-order chi connectivity index (χ1) is 11.0. The van der Waals surface area contributed by atoms with Gasteiger partial charge in [-0.05, 0) is 23.6 Å². The van der Waals surface area contributed by atoms with Crippen molar-refractivity contribution >= 4 is 51.0 Å². The quantitative estimate of drug-likeness (QED) is 0.537. The molecule has 0 aliphatic heterocycles. The van der Waals surface area contributed by atoms with Crippen molar-refractivity contribution < 1.29 is 9.72 Å². The summed E-state index contributed by atoms with van der Waals surface area (Å²) in [6.45, 7) is 0. The number of nitrogens with zero attached hydrogens (tertiary/aromatic N) is 2. The van der Waals surface area contributed by atoms with Gasteiger partial charge >= 0.3 is 0 Å². The molecular weight excluding hydrogens is 358 g/mol. The van der Waals surface area contributed by atoms with Crippen molar-refractivity contribution in [2.24, 2.45) is 0 Å². The molecule has 23 heavy (non-hydrogen) atoms. The number of nitrogens with one attached hydrogen (secondary N) is 1. The fraction of sp³-hybridized carbons (Fsp3) is 0. The van der Waals surface area contributed by atoms with Crippen molar-refractivity contribution in [3.8, 4) is 10.6 Å². The van der Waals surface area contributed by atoms with E-state index in [0.29, 0.717) is 5.13 Å². The van der Waals surface area contributed by atoms with E-state index in [4.69, 9.17) is 11.6 Å². The van der Waals surface area contributed by atoms with Crippen LogP contribution >= 0.6 is 34.3 Å². The van der Waals surface area contributed by atoms with E-state index in [1.807, 2.05) is 22.9 Å². The summed E-state index contributed by atoms with van der Waals surface area (Å²) in [6, 6.07) is 7.74. The van der Waals surface area contributed by atoms with Gasteiger partial charge in [0.1, 0.15) is 5.56 Å². The van der Waals surface area contributed by atoms with Crippen LogP contribution in [0.15, 0.2) is 41.1 Å². The standard InChI is InChI=1S/C14H8ClN3O3S2/c15-8-3-4-9(11(6-8)18(20)21)13(19)17-14-16-10(7-23-14)12-2-1-5-22-12/h1-7H,(H,16,17,19). The first-order valence-corrected chi connectivity index (χ1v) is 8.43. The number of hydrogen-bond donors (Lipinski definition) is 1. The smallest absolute Gasteiger partial charge is 0.283 e. The summed E-state index contributed by atoms with van der Waals surface area (Å²) in [7, 11) is 0. The molecule has 3 rings (SSSR count). The first kappa shape index (κ1) is 15.6. The lowest BCUT2D eigenvalue weighted by atomic mass is 10.1. The average molecular weight is 366 g/mol. The maximum Gasteiger partial charge on any atom is 0.283 e. The predicted molar refractivity (Wildman–Crippen MR) is 91.5 cm³/mol. The average Bonchev–Trinajstić information content (AvgIpc) is 3.17. The first-order valence-electron chi connectivity index (χ1n) is 6.29. The molecule has 0 saturated carbocycles. The van der Waals surface area contributed by atoms with Crippen LogP contribution in [0.5, 0.6) is 0 Å². The molecule has 2 aromatic heterocycles. The van der Waals surface area contributed by atoms with Gasteiger partial charge in [-0.25, -0.2) is 4.98 Å². The Labute approximate surface area is 143 Å². The lowest BCUT2D eigenvalue weighted by molar-refractivity contribution is -0.385. The van der Waals surface area contributed by atoms with Crippen LogP contribution in [0.2, 0.25) is 5.02 Å². The van der Waals surface area contributed by atoms with E-state index in [9.17, 15) is 14.9 Å². The highest BCUT2D eigenvalue weighted by Gasteiger charge is 2.21. The molecule has 116 valence electrons. The van der Waals surface area contributed by atoms with Crippen molar-refractivity contribution in [3.63, 3.8) is 0 Å². The van der Waals surface area contributed by atoms with Gasteiger partial charge in [0.05, 0.1) is 15.5 Å². The van der Waals surface area contributed by atoms with Crippen LogP contribution in [-0.4, -0.2) is 15.8 Å². The summed E-state index contributed by atoms with van der Waals surface area (Å²) in [5.74, 6) is -0.597.